The third-order valence-corrected chi connectivity index (χ3v) is 2.76. The zero-order valence-corrected chi connectivity index (χ0v) is 9.55. The van der Waals surface area contributed by atoms with Crippen LogP contribution in [0, 0.1) is 5.82 Å². The van der Waals surface area contributed by atoms with Crippen molar-refractivity contribution in [1.29, 1.82) is 0 Å². The quantitative estimate of drug-likeness (QED) is 0.747. The molecule has 0 amide bonds. The Labute approximate surface area is 103 Å². The topological polar surface area (TPSA) is 56.2 Å². The molecule has 0 radical (unpaired) electrons. The lowest BCUT2D eigenvalue weighted by Crippen LogP contribution is -1.95. The molecule has 4 nitrogen and oxygen atoms in total. The van der Waals surface area contributed by atoms with E-state index in [1.165, 1.54) is 12.1 Å². The van der Waals surface area contributed by atoms with E-state index in [1.54, 1.807) is 23.0 Å². The molecule has 0 aliphatic heterocycles. The molecule has 0 saturated carbocycles. The Morgan fingerprint density at radius 2 is 2.22 bits per heavy atom. The van der Waals surface area contributed by atoms with Crippen molar-refractivity contribution < 1.29 is 4.39 Å². The third-order valence-electron chi connectivity index (χ3n) is 2.76. The van der Waals surface area contributed by atoms with Gasteiger partial charge in [0.15, 0.2) is 0 Å². The van der Waals surface area contributed by atoms with Gasteiger partial charge in [-0.05, 0) is 17.7 Å². The summed E-state index contributed by atoms with van der Waals surface area (Å²) in [6.07, 6.45) is 5.16. The summed E-state index contributed by atoms with van der Waals surface area (Å²) in [7, 11) is 0. The number of nitrogens with two attached hydrogens (primary N) is 1. The van der Waals surface area contributed by atoms with Gasteiger partial charge in [0.25, 0.3) is 0 Å². The van der Waals surface area contributed by atoms with Gasteiger partial charge in [-0.1, -0.05) is 12.1 Å². The number of fused-ring (bicyclic) bond motifs is 1. The molecule has 3 rings (SSSR count). The maximum absolute atomic E-state index is 13.3. The highest BCUT2D eigenvalue weighted by atomic mass is 19.1. The molecule has 0 fully saturated rings. The van der Waals surface area contributed by atoms with E-state index in [0.29, 0.717) is 6.54 Å². The average molecular weight is 242 g/mol. The van der Waals surface area contributed by atoms with Crippen LogP contribution in [0.1, 0.15) is 5.69 Å². The van der Waals surface area contributed by atoms with Gasteiger partial charge in [0.05, 0.1) is 5.69 Å². The highest BCUT2D eigenvalue weighted by Crippen LogP contribution is 2.23. The lowest BCUT2D eigenvalue weighted by atomic mass is 10.1. The smallest absolute Gasteiger partial charge is 0.147 e. The molecule has 2 heterocycles. The monoisotopic (exact) mass is 242 g/mol. The molecule has 18 heavy (non-hydrogen) atoms. The van der Waals surface area contributed by atoms with Crippen LogP contribution in [0.15, 0.2) is 43.0 Å². The van der Waals surface area contributed by atoms with E-state index >= 15 is 0 Å². The predicted octanol–water partition coefficient (Wildman–Crippen LogP) is 1.99. The summed E-state index contributed by atoms with van der Waals surface area (Å²) in [4.78, 5) is 8.54. The highest BCUT2D eigenvalue weighted by molar-refractivity contribution is 5.76. The zero-order valence-electron chi connectivity index (χ0n) is 9.55. The van der Waals surface area contributed by atoms with Gasteiger partial charge < -0.3 is 5.73 Å². The van der Waals surface area contributed by atoms with E-state index in [-0.39, 0.29) is 5.82 Å². The summed E-state index contributed by atoms with van der Waals surface area (Å²) >= 11 is 0. The molecule has 0 aliphatic rings. The molecule has 0 unspecified atom stereocenters. The molecule has 0 bridgehead atoms. The number of imidazole rings is 1. The summed E-state index contributed by atoms with van der Waals surface area (Å²) < 4.78 is 15.1. The molecule has 0 atom stereocenters. The molecule has 0 spiro atoms. The van der Waals surface area contributed by atoms with Gasteiger partial charge in [-0.2, -0.15) is 0 Å². The maximum atomic E-state index is 13.3. The van der Waals surface area contributed by atoms with Crippen LogP contribution in [-0.4, -0.2) is 14.4 Å². The molecule has 1 aromatic carbocycles. The fourth-order valence-corrected chi connectivity index (χ4v) is 1.93. The van der Waals surface area contributed by atoms with Crippen molar-refractivity contribution in [3.63, 3.8) is 0 Å². The van der Waals surface area contributed by atoms with Crippen molar-refractivity contribution in [3.05, 3.63) is 54.5 Å². The molecule has 0 aliphatic carbocycles. The van der Waals surface area contributed by atoms with E-state index in [2.05, 4.69) is 9.97 Å². The maximum Gasteiger partial charge on any atom is 0.147 e. The number of nitrogens with zero attached hydrogens (tertiary/aromatic N) is 3. The molecule has 3 aromatic rings. The van der Waals surface area contributed by atoms with E-state index in [4.69, 9.17) is 5.73 Å². The van der Waals surface area contributed by atoms with Gasteiger partial charge in [-0.25, -0.2) is 14.4 Å². The summed E-state index contributed by atoms with van der Waals surface area (Å²) in [5.74, 6) is -0.278. The predicted molar refractivity (Wildman–Crippen MR) is 66.3 cm³/mol. The minimum Gasteiger partial charge on any atom is -0.325 e. The van der Waals surface area contributed by atoms with Gasteiger partial charge in [0, 0.05) is 24.5 Å². The number of hydrogen-bond acceptors (Lipinski definition) is 3. The molecule has 2 aromatic heterocycles. The zero-order chi connectivity index (χ0) is 12.5. The Hall–Kier alpha value is -2.27. The first-order valence-electron chi connectivity index (χ1n) is 5.55. The van der Waals surface area contributed by atoms with Gasteiger partial charge >= 0.3 is 0 Å². The molecule has 5 heteroatoms. The second kappa shape index (κ2) is 4.19. The van der Waals surface area contributed by atoms with Gasteiger partial charge in [0.2, 0.25) is 0 Å². The van der Waals surface area contributed by atoms with Crippen molar-refractivity contribution in [3.8, 4) is 11.1 Å². The number of benzene rings is 1. The van der Waals surface area contributed by atoms with E-state index in [0.717, 1.165) is 22.5 Å². The molecule has 90 valence electrons. The minimum absolute atomic E-state index is 0.278. The minimum atomic E-state index is -0.278. The number of halogens is 1. The summed E-state index contributed by atoms with van der Waals surface area (Å²) in [5, 5.41) is 0. The second-order valence-corrected chi connectivity index (χ2v) is 3.98. The number of aromatic nitrogens is 3. The van der Waals surface area contributed by atoms with Crippen LogP contribution < -0.4 is 5.73 Å². The molecule has 2 N–H and O–H groups in total. The lowest BCUT2D eigenvalue weighted by molar-refractivity contribution is 0.628. The van der Waals surface area contributed by atoms with E-state index in [9.17, 15) is 4.39 Å². The Balaban J connectivity index is 2.25. The van der Waals surface area contributed by atoms with Crippen molar-refractivity contribution >= 4 is 5.65 Å². The summed E-state index contributed by atoms with van der Waals surface area (Å²) in [6, 6.07) is 6.37. The highest BCUT2D eigenvalue weighted by Gasteiger charge is 2.08. The number of rotatable bonds is 2. The largest absolute Gasteiger partial charge is 0.325 e. The third kappa shape index (κ3) is 1.74. The van der Waals surface area contributed by atoms with Gasteiger partial charge in [-0.3, -0.25) is 4.40 Å². The number of hydrogen-bond donors (Lipinski definition) is 1. The first-order chi connectivity index (χ1) is 8.78. The second-order valence-electron chi connectivity index (χ2n) is 3.98. The van der Waals surface area contributed by atoms with Crippen LogP contribution >= 0.6 is 0 Å². The van der Waals surface area contributed by atoms with Crippen LogP contribution in [-0.2, 0) is 6.54 Å². The van der Waals surface area contributed by atoms with Crippen molar-refractivity contribution in [2.24, 2.45) is 5.73 Å². The van der Waals surface area contributed by atoms with E-state index < -0.39 is 0 Å². The Morgan fingerprint density at radius 3 is 3.00 bits per heavy atom. The van der Waals surface area contributed by atoms with Crippen molar-refractivity contribution in [2.45, 2.75) is 6.54 Å². The summed E-state index contributed by atoms with van der Waals surface area (Å²) in [6.45, 7) is 0.365. The molecular weight excluding hydrogens is 231 g/mol. The van der Waals surface area contributed by atoms with Gasteiger partial charge in [-0.15, -0.1) is 0 Å². The van der Waals surface area contributed by atoms with Crippen LogP contribution in [0.25, 0.3) is 16.8 Å². The Bertz CT molecular complexity index is 705. The van der Waals surface area contributed by atoms with Crippen molar-refractivity contribution in [2.75, 3.05) is 0 Å². The SMILES string of the molecule is NCc1cn2cncc(-c3cccc(F)c3)c2n1. The lowest BCUT2D eigenvalue weighted by Gasteiger charge is -2.02. The average Bonchev–Trinajstić information content (AvgIpc) is 2.81. The van der Waals surface area contributed by atoms with Gasteiger partial charge in [0.1, 0.15) is 17.8 Å². The summed E-state index contributed by atoms with van der Waals surface area (Å²) in [5.41, 5.74) is 8.62. The van der Waals surface area contributed by atoms with Crippen LogP contribution in [0.2, 0.25) is 0 Å². The van der Waals surface area contributed by atoms with Crippen LogP contribution in [0.5, 0.6) is 0 Å². The first-order valence-corrected chi connectivity index (χ1v) is 5.55. The van der Waals surface area contributed by atoms with Crippen LogP contribution in [0.3, 0.4) is 0 Å². The fraction of sp³-hybridized carbons (Fsp3) is 0.0769. The van der Waals surface area contributed by atoms with Crippen molar-refractivity contribution in [1.82, 2.24) is 14.4 Å². The Morgan fingerprint density at radius 1 is 1.33 bits per heavy atom. The standard InChI is InChI=1S/C13H11FN4/c14-10-3-1-2-9(4-10)12-6-16-8-18-7-11(5-15)17-13(12)18/h1-4,6-8H,5,15H2. The normalized spacial score (nSPS) is 11.0. The fourth-order valence-electron chi connectivity index (χ4n) is 1.93. The van der Waals surface area contributed by atoms with E-state index in [1.807, 2.05) is 12.3 Å². The molecule has 0 saturated heterocycles. The van der Waals surface area contributed by atoms with Crippen LogP contribution in [0.4, 0.5) is 4.39 Å². The molecular formula is C13H11FN4. The Kier molecular flexibility index (Phi) is 2.53. The first kappa shape index (κ1) is 10.9.